The molecule has 0 heterocycles. The van der Waals surface area contributed by atoms with Crippen LogP contribution in [-0.2, 0) is 19.0 Å². The SMILES string of the molecule is OCc1cc(C(F)(F)F)cc(I)c1C(F)(F)F. The molecule has 0 radical (unpaired) electrons. The molecule has 0 bridgehead atoms. The van der Waals surface area contributed by atoms with Crippen molar-refractivity contribution in [3.05, 3.63) is 32.4 Å². The van der Waals surface area contributed by atoms with Gasteiger partial charge in [0.15, 0.2) is 0 Å². The second-order valence-corrected chi connectivity index (χ2v) is 4.31. The third-order valence-electron chi connectivity index (χ3n) is 1.95. The molecule has 96 valence electrons. The summed E-state index contributed by atoms with van der Waals surface area (Å²) in [5, 5.41) is 8.73. The molecule has 1 aromatic carbocycles. The first-order valence-electron chi connectivity index (χ1n) is 4.15. The van der Waals surface area contributed by atoms with Crippen LogP contribution >= 0.6 is 22.6 Å². The normalized spacial score (nSPS) is 12.9. The summed E-state index contributed by atoms with van der Waals surface area (Å²) in [4.78, 5) is 0. The van der Waals surface area contributed by atoms with E-state index in [0.717, 1.165) is 0 Å². The Balaban J connectivity index is 3.47. The summed E-state index contributed by atoms with van der Waals surface area (Å²) < 4.78 is 74.0. The lowest BCUT2D eigenvalue weighted by Crippen LogP contribution is -2.15. The van der Waals surface area contributed by atoms with Crippen LogP contribution in [0.1, 0.15) is 16.7 Å². The van der Waals surface area contributed by atoms with Crippen molar-refractivity contribution >= 4 is 22.6 Å². The Bertz CT molecular complexity index is 423. The molecule has 0 spiro atoms. The van der Waals surface area contributed by atoms with Crippen molar-refractivity contribution in [2.75, 3.05) is 0 Å². The topological polar surface area (TPSA) is 20.2 Å². The molecule has 1 rings (SSSR count). The van der Waals surface area contributed by atoms with Crippen LogP contribution in [0.25, 0.3) is 0 Å². The third kappa shape index (κ3) is 3.24. The highest BCUT2D eigenvalue weighted by Crippen LogP contribution is 2.39. The van der Waals surface area contributed by atoms with Gasteiger partial charge in [-0.3, -0.25) is 0 Å². The van der Waals surface area contributed by atoms with Crippen LogP contribution in [-0.4, -0.2) is 5.11 Å². The molecular formula is C9H5F6IO. The van der Waals surface area contributed by atoms with Gasteiger partial charge < -0.3 is 5.11 Å². The maximum atomic E-state index is 12.5. The zero-order valence-electron chi connectivity index (χ0n) is 7.95. The highest BCUT2D eigenvalue weighted by molar-refractivity contribution is 14.1. The molecule has 0 atom stereocenters. The minimum atomic E-state index is -4.79. The Kier molecular flexibility index (Phi) is 3.97. The molecule has 17 heavy (non-hydrogen) atoms. The predicted octanol–water partition coefficient (Wildman–Crippen LogP) is 3.82. The summed E-state index contributed by atoms with van der Waals surface area (Å²) in [5.41, 5.74) is -3.22. The summed E-state index contributed by atoms with van der Waals surface area (Å²) in [7, 11) is 0. The Labute approximate surface area is 106 Å². The summed E-state index contributed by atoms with van der Waals surface area (Å²) in [6.07, 6.45) is -9.54. The summed E-state index contributed by atoms with van der Waals surface area (Å²) in [6.45, 7) is -1.10. The van der Waals surface area contributed by atoms with E-state index >= 15 is 0 Å². The summed E-state index contributed by atoms with van der Waals surface area (Å²) in [6, 6.07) is 0.716. The number of hydrogen-bond acceptors (Lipinski definition) is 1. The van der Waals surface area contributed by atoms with Crippen LogP contribution in [0.3, 0.4) is 0 Å². The van der Waals surface area contributed by atoms with Gasteiger partial charge in [-0.15, -0.1) is 0 Å². The minimum Gasteiger partial charge on any atom is -0.392 e. The molecule has 0 aliphatic carbocycles. The average molecular weight is 370 g/mol. The summed E-state index contributed by atoms with van der Waals surface area (Å²) >= 11 is 1.17. The van der Waals surface area contributed by atoms with E-state index < -0.39 is 39.2 Å². The van der Waals surface area contributed by atoms with E-state index in [1.807, 2.05) is 0 Å². The van der Waals surface area contributed by atoms with Crippen molar-refractivity contribution in [2.24, 2.45) is 0 Å². The number of halogens is 7. The van der Waals surface area contributed by atoms with Gasteiger partial charge in [0.25, 0.3) is 0 Å². The van der Waals surface area contributed by atoms with Gasteiger partial charge in [0, 0.05) is 3.57 Å². The number of rotatable bonds is 1. The van der Waals surface area contributed by atoms with Crippen molar-refractivity contribution in [2.45, 2.75) is 19.0 Å². The predicted molar refractivity (Wildman–Crippen MR) is 55.1 cm³/mol. The molecule has 0 aliphatic rings. The molecule has 0 saturated carbocycles. The van der Waals surface area contributed by atoms with Gasteiger partial charge in [-0.05, 0) is 40.3 Å². The summed E-state index contributed by atoms with van der Waals surface area (Å²) in [5.74, 6) is 0. The van der Waals surface area contributed by atoms with Crippen LogP contribution in [0.2, 0.25) is 0 Å². The van der Waals surface area contributed by atoms with E-state index in [9.17, 15) is 26.3 Å². The van der Waals surface area contributed by atoms with E-state index in [-0.39, 0.29) is 0 Å². The van der Waals surface area contributed by atoms with E-state index in [1.165, 1.54) is 22.6 Å². The zero-order chi connectivity index (χ0) is 13.4. The number of benzene rings is 1. The molecule has 0 saturated heterocycles. The first kappa shape index (κ1) is 14.6. The highest BCUT2D eigenvalue weighted by Gasteiger charge is 2.39. The second-order valence-electron chi connectivity index (χ2n) is 3.15. The standard InChI is InChI=1S/C9H5F6IO/c10-8(11,12)5-1-4(3-17)7(6(16)2-5)9(13,14)15/h1-2,17H,3H2. The van der Waals surface area contributed by atoms with Gasteiger partial charge in [0.05, 0.1) is 17.7 Å². The van der Waals surface area contributed by atoms with Gasteiger partial charge in [0.1, 0.15) is 0 Å². The Morgan fingerprint density at radius 2 is 1.53 bits per heavy atom. The first-order valence-corrected chi connectivity index (χ1v) is 5.23. The average Bonchev–Trinajstić information content (AvgIpc) is 2.12. The van der Waals surface area contributed by atoms with Crippen LogP contribution < -0.4 is 0 Å². The fourth-order valence-electron chi connectivity index (χ4n) is 1.27. The number of alkyl halides is 6. The van der Waals surface area contributed by atoms with Gasteiger partial charge in [-0.25, -0.2) is 0 Å². The van der Waals surface area contributed by atoms with Crippen molar-refractivity contribution in [1.82, 2.24) is 0 Å². The smallest absolute Gasteiger partial charge is 0.392 e. The van der Waals surface area contributed by atoms with Crippen LogP contribution in [0.15, 0.2) is 12.1 Å². The van der Waals surface area contributed by atoms with Crippen molar-refractivity contribution < 1.29 is 31.4 Å². The lowest BCUT2D eigenvalue weighted by Gasteiger charge is -2.16. The highest BCUT2D eigenvalue weighted by atomic mass is 127. The lowest BCUT2D eigenvalue weighted by atomic mass is 10.0. The maximum absolute atomic E-state index is 12.5. The first-order chi connectivity index (χ1) is 7.57. The Morgan fingerprint density at radius 1 is 1.00 bits per heavy atom. The van der Waals surface area contributed by atoms with E-state index in [2.05, 4.69) is 0 Å². The number of aliphatic hydroxyl groups excluding tert-OH is 1. The largest absolute Gasteiger partial charge is 0.417 e. The van der Waals surface area contributed by atoms with Gasteiger partial charge in [0.2, 0.25) is 0 Å². The van der Waals surface area contributed by atoms with E-state index in [4.69, 9.17) is 5.11 Å². The molecule has 0 aliphatic heterocycles. The molecule has 0 fully saturated rings. The fourth-order valence-corrected chi connectivity index (χ4v) is 2.26. The van der Waals surface area contributed by atoms with Crippen molar-refractivity contribution in [3.63, 3.8) is 0 Å². The molecular weight excluding hydrogens is 365 g/mol. The Morgan fingerprint density at radius 3 is 1.88 bits per heavy atom. The van der Waals surface area contributed by atoms with Gasteiger partial charge in [-0.1, -0.05) is 0 Å². The molecule has 0 unspecified atom stereocenters. The number of aliphatic hydroxyl groups is 1. The lowest BCUT2D eigenvalue weighted by molar-refractivity contribution is -0.142. The monoisotopic (exact) mass is 370 g/mol. The van der Waals surface area contributed by atoms with Gasteiger partial charge >= 0.3 is 12.4 Å². The second kappa shape index (κ2) is 4.63. The van der Waals surface area contributed by atoms with Crippen molar-refractivity contribution in [1.29, 1.82) is 0 Å². The Hall–Kier alpha value is -0.510. The molecule has 0 amide bonds. The molecule has 8 heteroatoms. The molecule has 1 nitrogen and oxygen atoms in total. The van der Waals surface area contributed by atoms with Crippen LogP contribution in [0, 0.1) is 3.57 Å². The quantitative estimate of drug-likeness (QED) is 0.589. The molecule has 0 aromatic heterocycles. The fraction of sp³-hybridized carbons (Fsp3) is 0.333. The molecule has 1 aromatic rings. The van der Waals surface area contributed by atoms with Crippen molar-refractivity contribution in [3.8, 4) is 0 Å². The van der Waals surface area contributed by atoms with E-state index in [1.54, 1.807) is 0 Å². The number of hydrogen-bond donors (Lipinski definition) is 1. The molecule has 1 N–H and O–H groups in total. The van der Waals surface area contributed by atoms with E-state index in [0.29, 0.717) is 12.1 Å². The maximum Gasteiger partial charge on any atom is 0.417 e. The van der Waals surface area contributed by atoms with Crippen LogP contribution in [0.5, 0.6) is 0 Å². The van der Waals surface area contributed by atoms with Gasteiger partial charge in [-0.2, -0.15) is 26.3 Å². The minimum absolute atomic E-state index is 0.311. The zero-order valence-corrected chi connectivity index (χ0v) is 10.1. The third-order valence-corrected chi connectivity index (χ3v) is 2.80. The van der Waals surface area contributed by atoms with Crippen LogP contribution in [0.4, 0.5) is 26.3 Å².